The number of aryl methyl sites for hydroxylation is 1. The van der Waals surface area contributed by atoms with Crippen LogP contribution in [-0.4, -0.2) is 22.4 Å². The summed E-state index contributed by atoms with van der Waals surface area (Å²) < 4.78 is 2.17. The zero-order valence-corrected chi connectivity index (χ0v) is 11.9. The van der Waals surface area contributed by atoms with Crippen LogP contribution in [0.4, 0.5) is 0 Å². The molecule has 2 atom stereocenters. The molecule has 1 aromatic rings. The molecule has 0 amide bonds. The molecule has 1 N–H and O–H groups in total. The van der Waals surface area contributed by atoms with Crippen molar-refractivity contribution in [2.45, 2.75) is 70.9 Å². The Hall–Kier alpha value is -0.830. The van der Waals surface area contributed by atoms with Gasteiger partial charge in [-0.25, -0.2) is 0 Å². The minimum atomic E-state index is 0.698. The number of nitrogens with zero attached hydrogens (tertiary/aromatic N) is 2. The van der Waals surface area contributed by atoms with E-state index < -0.39 is 0 Å². The van der Waals surface area contributed by atoms with Crippen LogP contribution >= 0.6 is 0 Å². The zero-order chi connectivity index (χ0) is 12.8. The minimum absolute atomic E-state index is 0.698. The Balaban J connectivity index is 2.02. The predicted octanol–water partition coefficient (Wildman–Crippen LogP) is 3.32. The van der Waals surface area contributed by atoms with Crippen molar-refractivity contribution in [3.05, 3.63) is 18.0 Å². The average molecular weight is 249 g/mol. The van der Waals surface area contributed by atoms with Crippen molar-refractivity contribution in [1.29, 1.82) is 0 Å². The molecule has 1 aromatic heterocycles. The van der Waals surface area contributed by atoms with Gasteiger partial charge < -0.3 is 5.32 Å². The van der Waals surface area contributed by atoms with Gasteiger partial charge in [0.15, 0.2) is 0 Å². The van der Waals surface area contributed by atoms with Gasteiger partial charge in [-0.2, -0.15) is 5.10 Å². The lowest BCUT2D eigenvalue weighted by Gasteiger charge is -2.21. The predicted molar refractivity (Wildman–Crippen MR) is 75.8 cm³/mol. The van der Waals surface area contributed by atoms with E-state index in [0.29, 0.717) is 12.0 Å². The van der Waals surface area contributed by atoms with Crippen molar-refractivity contribution in [3.63, 3.8) is 0 Å². The number of rotatable bonds is 5. The Morgan fingerprint density at radius 3 is 2.94 bits per heavy atom. The smallest absolute Gasteiger partial charge is 0.0492 e. The zero-order valence-electron chi connectivity index (χ0n) is 11.9. The van der Waals surface area contributed by atoms with E-state index in [2.05, 4.69) is 35.0 Å². The van der Waals surface area contributed by atoms with E-state index in [9.17, 15) is 0 Å². The molecule has 0 aromatic carbocycles. The third-order valence-electron chi connectivity index (χ3n) is 4.07. The molecule has 0 spiro atoms. The maximum atomic E-state index is 4.42. The minimum Gasteiger partial charge on any atom is -0.314 e. The number of hydrogen-bond donors (Lipinski definition) is 1. The molecule has 102 valence electrons. The van der Waals surface area contributed by atoms with E-state index in [0.717, 1.165) is 13.1 Å². The molecule has 18 heavy (non-hydrogen) atoms. The van der Waals surface area contributed by atoms with Crippen LogP contribution < -0.4 is 5.32 Å². The van der Waals surface area contributed by atoms with Gasteiger partial charge >= 0.3 is 0 Å². The van der Waals surface area contributed by atoms with Crippen LogP contribution in [0.5, 0.6) is 0 Å². The second-order valence-electron chi connectivity index (χ2n) is 5.44. The largest absolute Gasteiger partial charge is 0.314 e. The highest BCUT2D eigenvalue weighted by atomic mass is 15.3. The summed E-state index contributed by atoms with van der Waals surface area (Å²) in [6, 6.07) is 2.92. The Labute approximate surface area is 111 Å². The molecule has 0 aliphatic heterocycles. The fourth-order valence-corrected chi connectivity index (χ4v) is 3.12. The first-order valence-electron chi connectivity index (χ1n) is 7.60. The quantitative estimate of drug-likeness (QED) is 0.811. The Kier molecular flexibility index (Phi) is 5.24. The highest BCUT2D eigenvalue weighted by Crippen LogP contribution is 2.31. The summed E-state index contributed by atoms with van der Waals surface area (Å²) in [4.78, 5) is 0. The fourth-order valence-electron chi connectivity index (χ4n) is 3.12. The lowest BCUT2D eigenvalue weighted by molar-refractivity contribution is 0.426. The van der Waals surface area contributed by atoms with Gasteiger partial charge in [0.1, 0.15) is 0 Å². The second-order valence-corrected chi connectivity index (χ2v) is 5.44. The van der Waals surface area contributed by atoms with Crippen molar-refractivity contribution < 1.29 is 0 Å². The first-order chi connectivity index (χ1) is 8.85. The molecule has 1 heterocycles. The third kappa shape index (κ3) is 3.35. The normalized spacial score (nSPS) is 25.0. The van der Waals surface area contributed by atoms with Gasteiger partial charge in [-0.15, -0.1) is 0 Å². The molecule has 1 saturated carbocycles. The van der Waals surface area contributed by atoms with Gasteiger partial charge in [0.05, 0.1) is 0 Å². The first-order valence-corrected chi connectivity index (χ1v) is 7.60. The van der Waals surface area contributed by atoms with Gasteiger partial charge in [-0.3, -0.25) is 4.68 Å². The van der Waals surface area contributed by atoms with Gasteiger partial charge in [0, 0.05) is 30.4 Å². The molecule has 2 unspecified atom stereocenters. The summed E-state index contributed by atoms with van der Waals surface area (Å²) >= 11 is 0. The third-order valence-corrected chi connectivity index (χ3v) is 4.07. The summed E-state index contributed by atoms with van der Waals surface area (Å²) in [6.45, 7) is 6.57. The van der Waals surface area contributed by atoms with Gasteiger partial charge in [0.25, 0.3) is 0 Å². The Morgan fingerprint density at radius 2 is 2.17 bits per heavy atom. The summed E-state index contributed by atoms with van der Waals surface area (Å²) in [5.74, 6) is 0.698. The molecular weight excluding hydrogens is 222 g/mol. The lowest BCUT2D eigenvalue weighted by atomic mass is 9.94. The van der Waals surface area contributed by atoms with Crippen molar-refractivity contribution in [1.82, 2.24) is 15.1 Å². The molecule has 3 nitrogen and oxygen atoms in total. The summed E-state index contributed by atoms with van der Waals surface area (Å²) in [7, 11) is 0. The lowest BCUT2D eigenvalue weighted by Crippen LogP contribution is -2.30. The highest BCUT2D eigenvalue weighted by Gasteiger charge is 2.23. The van der Waals surface area contributed by atoms with Gasteiger partial charge in [-0.1, -0.05) is 19.8 Å². The molecule has 0 bridgehead atoms. The molecule has 2 rings (SSSR count). The molecule has 0 saturated heterocycles. The summed E-state index contributed by atoms with van der Waals surface area (Å²) in [6.07, 6.45) is 9.88. The van der Waals surface area contributed by atoms with Crippen LogP contribution in [0.1, 0.15) is 64.0 Å². The van der Waals surface area contributed by atoms with Crippen LogP contribution in [-0.2, 0) is 6.54 Å². The Morgan fingerprint density at radius 1 is 1.33 bits per heavy atom. The number of nitrogens with one attached hydrogen (secondary N) is 1. The molecule has 1 fully saturated rings. The monoisotopic (exact) mass is 249 g/mol. The van der Waals surface area contributed by atoms with Crippen LogP contribution in [0.3, 0.4) is 0 Å². The van der Waals surface area contributed by atoms with Crippen LogP contribution in [0.25, 0.3) is 0 Å². The van der Waals surface area contributed by atoms with Crippen molar-refractivity contribution in [2.24, 2.45) is 0 Å². The summed E-state index contributed by atoms with van der Waals surface area (Å²) in [5, 5.41) is 8.13. The fraction of sp³-hybridized carbons (Fsp3) is 0.800. The number of hydrogen-bond acceptors (Lipinski definition) is 2. The van der Waals surface area contributed by atoms with E-state index in [-0.39, 0.29) is 0 Å². The van der Waals surface area contributed by atoms with E-state index >= 15 is 0 Å². The van der Waals surface area contributed by atoms with Gasteiger partial charge in [-0.05, 0) is 45.2 Å². The maximum Gasteiger partial charge on any atom is 0.0492 e. The topological polar surface area (TPSA) is 29.9 Å². The van der Waals surface area contributed by atoms with Gasteiger partial charge in [0.2, 0.25) is 0 Å². The summed E-state index contributed by atoms with van der Waals surface area (Å²) in [5.41, 5.74) is 1.45. The number of aromatic nitrogens is 2. The first kappa shape index (κ1) is 13.6. The second kappa shape index (κ2) is 6.93. The standard InChI is InChI=1S/C15H27N3/c1-3-10-16-14-8-6-5-7-13(12-14)15-9-11-17-18(15)4-2/h9,11,13-14,16H,3-8,10,12H2,1-2H3. The molecule has 1 aliphatic rings. The van der Waals surface area contributed by atoms with Crippen LogP contribution in [0.15, 0.2) is 12.3 Å². The highest BCUT2D eigenvalue weighted by molar-refractivity contribution is 5.09. The van der Waals surface area contributed by atoms with E-state index in [1.165, 1.54) is 44.2 Å². The Bertz CT molecular complexity index is 345. The molecule has 3 heteroatoms. The molecular formula is C15H27N3. The van der Waals surface area contributed by atoms with Crippen molar-refractivity contribution >= 4 is 0 Å². The van der Waals surface area contributed by atoms with Crippen LogP contribution in [0.2, 0.25) is 0 Å². The average Bonchev–Trinajstić information content (AvgIpc) is 2.75. The SMILES string of the molecule is CCCNC1CCCCC(c2ccnn2CC)C1. The van der Waals surface area contributed by atoms with E-state index in [1.807, 2.05) is 6.20 Å². The van der Waals surface area contributed by atoms with Crippen molar-refractivity contribution in [3.8, 4) is 0 Å². The maximum absolute atomic E-state index is 4.42. The molecule has 0 radical (unpaired) electrons. The van der Waals surface area contributed by atoms with E-state index in [4.69, 9.17) is 0 Å². The van der Waals surface area contributed by atoms with E-state index in [1.54, 1.807) is 0 Å². The van der Waals surface area contributed by atoms with Crippen molar-refractivity contribution in [2.75, 3.05) is 6.54 Å². The van der Waals surface area contributed by atoms with Crippen LogP contribution in [0, 0.1) is 0 Å². The molecule has 1 aliphatic carbocycles.